The summed E-state index contributed by atoms with van der Waals surface area (Å²) >= 11 is 0. The van der Waals surface area contributed by atoms with Gasteiger partial charge >= 0.3 is 0 Å². The maximum Gasteiger partial charge on any atom is 0.225 e. The van der Waals surface area contributed by atoms with Crippen molar-refractivity contribution in [2.24, 2.45) is 0 Å². The van der Waals surface area contributed by atoms with E-state index in [0.717, 1.165) is 62.3 Å². The minimum Gasteiger partial charge on any atom is -0.326 e. The van der Waals surface area contributed by atoms with E-state index in [2.05, 4.69) is 191 Å². The van der Waals surface area contributed by atoms with Gasteiger partial charge in [0, 0.05) is 37.3 Å². The van der Waals surface area contributed by atoms with Crippen LogP contribution >= 0.6 is 0 Å². The van der Waals surface area contributed by atoms with Crippen molar-refractivity contribution in [3.8, 4) is 11.1 Å². The maximum absolute atomic E-state index is 13.6. The third-order valence-electron chi connectivity index (χ3n) is 12.2. The quantitative estimate of drug-likeness (QED) is 0.0732. The van der Waals surface area contributed by atoms with Gasteiger partial charge in [0.15, 0.2) is 0 Å². The molecule has 8 aromatic carbocycles. The van der Waals surface area contributed by atoms with Gasteiger partial charge in [-0.05, 0) is 86.3 Å². The van der Waals surface area contributed by atoms with E-state index >= 15 is 0 Å². The SMILES string of the molecule is O=C(CCNC(c1ccccc1)(c1ccccc1)c1ccccc1)Nc1ccc2c(c1)-c1cc(NC(=O)CCNC(c3ccccc3)(c3ccccc3)c3ccccc3)ccc1C2. The Morgan fingerprint density at radius 2 is 0.635 bits per heavy atom. The second-order valence-electron chi connectivity index (χ2n) is 16.1. The normalized spacial score (nSPS) is 11.9. The molecule has 2 amide bonds. The van der Waals surface area contributed by atoms with Gasteiger partial charge in [-0.2, -0.15) is 0 Å². The summed E-state index contributed by atoms with van der Waals surface area (Å²) in [5, 5.41) is 14.0. The molecule has 0 fully saturated rings. The Balaban J connectivity index is 0.872. The van der Waals surface area contributed by atoms with Crippen molar-refractivity contribution in [3.05, 3.63) is 263 Å². The number of fused-ring (bicyclic) bond motifs is 3. The van der Waals surface area contributed by atoms with Crippen LogP contribution < -0.4 is 21.3 Å². The Hall–Kier alpha value is -7.38. The van der Waals surface area contributed by atoms with E-state index in [1.54, 1.807) is 0 Å². The number of carbonyl (C=O) groups is 2. The van der Waals surface area contributed by atoms with Gasteiger partial charge < -0.3 is 10.6 Å². The summed E-state index contributed by atoms with van der Waals surface area (Å²) in [6.07, 6.45) is 1.34. The summed E-state index contributed by atoms with van der Waals surface area (Å²) in [6.45, 7) is 0.894. The Bertz CT molecular complexity index is 2390. The smallest absolute Gasteiger partial charge is 0.225 e. The second kappa shape index (κ2) is 18.7. The molecule has 0 spiro atoms. The number of carbonyl (C=O) groups excluding carboxylic acids is 2. The highest BCUT2D eigenvalue weighted by atomic mass is 16.2. The molecule has 310 valence electrons. The Kier molecular flexibility index (Phi) is 12.2. The van der Waals surface area contributed by atoms with Crippen molar-refractivity contribution in [1.82, 2.24) is 10.6 Å². The van der Waals surface area contributed by atoms with Crippen LogP contribution in [0.15, 0.2) is 218 Å². The number of hydrogen-bond donors (Lipinski definition) is 4. The largest absolute Gasteiger partial charge is 0.326 e. The summed E-state index contributed by atoms with van der Waals surface area (Å²) in [5.41, 5.74) is 11.3. The Morgan fingerprint density at radius 3 is 0.905 bits per heavy atom. The van der Waals surface area contributed by atoms with Gasteiger partial charge in [0.05, 0.1) is 11.1 Å². The number of nitrogens with one attached hydrogen (secondary N) is 4. The van der Waals surface area contributed by atoms with E-state index in [1.807, 2.05) is 48.5 Å². The van der Waals surface area contributed by atoms with E-state index in [-0.39, 0.29) is 24.7 Å². The second-order valence-corrected chi connectivity index (χ2v) is 16.1. The monoisotopic (exact) mass is 822 g/mol. The molecule has 6 nitrogen and oxygen atoms in total. The first-order valence-corrected chi connectivity index (χ1v) is 21.7. The molecule has 8 aromatic rings. The fraction of sp³-hybridized carbons (Fsp3) is 0.123. The van der Waals surface area contributed by atoms with Crippen molar-refractivity contribution < 1.29 is 9.59 Å². The topological polar surface area (TPSA) is 82.3 Å². The number of rotatable bonds is 16. The van der Waals surface area contributed by atoms with Crippen molar-refractivity contribution in [2.45, 2.75) is 30.3 Å². The van der Waals surface area contributed by atoms with E-state index in [0.29, 0.717) is 13.1 Å². The molecule has 4 N–H and O–H groups in total. The minimum atomic E-state index is -0.651. The van der Waals surface area contributed by atoms with Crippen LogP contribution in [0, 0.1) is 0 Å². The van der Waals surface area contributed by atoms with Crippen LogP contribution in [0.2, 0.25) is 0 Å². The number of anilines is 2. The third kappa shape index (κ3) is 8.60. The van der Waals surface area contributed by atoms with Crippen LogP contribution in [-0.2, 0) is 27.1 Å². The first-order valence-electron chi connectivity index (χ1n) is 21.7. The van der Waals surface area contributed by atoms with Gasteiger partial charge in [-0.1, -0.05) is 194 Å². The molecule has 6 heteroatoms. The molecule has 0 bridgehead atoms. The average Bonchev–Trinajstić information content (AvgIpc) is 3.70. The fourth-order valence-corrected chi connectivity index (χ4v) is 9.24. The molecule has 1 aliphatic carbocycles. The van der Waals surface area contributed by atoms with E-state index in [9.17, 15) is 9.59 Å². The highest BCUT2D eigenvalue weighted by molar-refractivity contribution is 5.94. The molecule has 0 saturated heterocycles. The predicted molar refractivity (Wildman–Crippen MR) is 256 cm³/mol. The van der Waals surface area contributed by atoms with E-state index in [1.165, 1.54) is 11.1 Å². The van der Waals surface area contributed by atoms with Crippen molar-refractivity contribution in [2.75, 3.05) is 23.7 Å². The zero-order chi connectivity index (χ0) is 42.9. The average molecular weight is 823 g/mol. The van der Waals surface area contributed by atoms with Gasteiger partial charge in [0.2, 0.25) is 11.8 Å². The first kappa shape index (κ1) is 41.0. The zero-order valence-electron chi connectivity index (χ0n) is 35.1. The van der Waals surface area contributed by atoms with Crippen molar-refractivity contribution >= 4 is 23.2 Å². The predicted octanol–water partition coefficient (Wildman–Crippen LogP) is 11.1. The third-order valence-corrected chi connectivity index (χ3v) is 12.2. The summed E-state index contributed by atoms with van der Waals surface area (Å²) in [7, 11) is 0. The lowest BCUT2D eigenvalue weighted by Gasteiger charge is -2.37. The molecule has 1 aliphatic rings. The van der Waals surface area contributed by atoms with Crippen molar-refractivity contribution in [1.29, 1.82) is 0 Å². The van der Waals surface area contributed by atoms with Crippen LogP contribution in [0.4, 0.5) is 11.4 Å². The first-order chi connectivity index (χ1) is 31.0. The molecule has 0 aromatic heterocycles. The molecule has 0 unspecified atom stereocenters. The lowest BCUT2D eigenvalue weighted by molar-refractivity contribution is -0.117. The zero-order valence-corrected chi connectivity index (χ0v) is 35.1. The van der Waals surface area contributed by atoms with Gasteiger partial charge in [-0.15, -0.1) is 0 Å². The molecule has 0 heterocycles. The fourth-order valence-electron chi connectivity index (χ4n) is 9.24. The standard InChI is InChI=1S/C57H50N4O2/c62-54(35-37-58-56(44-19-7-1-8-20-44,45-21-9-2-10-22-45)46-23-11-3-12-24-46)60-50-33-31-42-39-43-32-34-51(41-53(43)52(42)40-50)61-55(63)36-38-59-57(47-25-13-4-14-26-47,48-27-15-5-16-28-48)49-29-17-6-18-30-49/h1-34,40-41,58-59H,35-39H2,(H,60,62)(H,61,63). The Morgan fingerprint density at radius 1 is 0.365 bits per heavy atom. The molecule has 0 atom stereocenters. The minimum absolute atomic E-state index is 0.0748. The van der Waals surface area contributed by atoms with Crippen LogP contribution in [0.25, 0.3) is 11.1 Å². The lowest BCUT2D eigenvalue weighted by Crippen LogP contribution is -2.45. The Labute approximate surface area is 370 Å². The summed E-state index contributed by atoms with van der Waals surface area (Å²) in [4.78, 5) is 27.2. The van der Waals surface area contributed by atoms with E-state index in [4.69, 9.17) is 0 Å². The molecular weight excluding hydrogens is 773 g/mol. The maximum atomic E-state index is 13.6. The van der Waals surface area contributed by atoms with Gasteiger partial charge in [0.25, 0.3) is 0 Å². The lowest BCUT2D eigenvalue weighted by atomic mass is 9.77. The van der Waals surface area contributed by atoms with Gasteiger partial charge in [-0.3, -0.25) is 20.2 Å². The molecule has 9 rings (SSSR count). The van der Waals surface area contributed by atoms with E-state index < -0.39 is 11.1 Å². The molecule has 0 saturated carbocycles. The van der Waals surface area contributed by atoms with Crippen LogP contribution in [0.1, 0.15) is 57.3 Å². The van der Waals surface area contributed by atoms with Crippen molar-refractivity contribution in [3.63, 3.8) is 0 Å². The van der Waals surface area contributed by atoms with Gasteiger partial charge in [0.1, 0.15) is 0 Å². The molecule has 0 aliphatic heterocycles. The summed E-state index contributed by atoms with van der Waals surface area (Å²) < 4.78 is 0. The molecule has 63 heavy (non-hydrogen) atoms. The summed E-state index contributed by atoms with van der Waals surface area (Å²) in [6, 6.07) is 74.7. The molecular formula is C57H50N4O2. The summed E-state index contributed by atoms with van der Waals surface area (Å²) in [5.74, 6) is -0.150. The number of hydrogen-bond acceptors (Lipinski definition) is 4. The number of amides is 2. The molecule has 0 radical (unpaired) electrons. The van der Waals surface area contributed by atoms with Crippen LogP contribution in [0.5, 0.6) is 0 Å². The number of benzene rings is 8. The van der Waals surface area contributed by atoms with Crippen LogP contribution in [-0.4, -0.2) is 24.9 Å². The van der Waals surface area contributed by atoms with Gasteiger partial charge in [-0.25, -0.2) is 0 Å². The van der Waals surface area contributed by atoms with Crippen LogP contribution in [0.3, 0.4) is 0 Å². The highest BCUT2D eigenvalue weighted by Gasteiger charge is 2.37. The highest BCUT2D eigenvalue weighted by Crippen LogP contribution is 2.41.